The standard InChI is InChI=1S/6C4H9.Cu.O.2Sn/c6*1-3-4-2;;;;/h6*1,3-4H2,2H3;;;;. The average Bonchev–Trinajstić information content (AvgIpc) is 2.70. The normalized spacial score (nSPS) is 12.2. The van der Waals surface area contributed by atoms with Crippen LogP contribution in [0.3, 0.4) is 0 Å². The molecule has 0 aliphatic rings. The molecule has 0 saturated carbocycles. The fourth-order valence-electron chi connectivity index (χ4n) is 4.51. The van der Waals surface area contributed by atoms with Gasteiger partial charge >= 0.3 is 184 Å². The molecule has 28 heavy (non-hydrogen) atoms. The first kappa shape index (κ1) is 32.3. The van der Waals surface area contributed by atoms with Crippen LogP contribution in [-0.2, 0) is 18.5 Å². The van der Waals surface area contributed by atoms with Crippen LogP contribution in [0.4, 0.5) is 0 Å². The van der Waals surface area contributed by atoms with Gasteiger partial charge in [-0.3, -0.25) is 0 Å². The van der Waals surface area contributed by atoms with E-state index in [-0.39, 0.29) is 17.1 Å². The SMILES string of the molecule is CCC[CH2][Sn]([CH2]CCC)([CH2]CCC)[O][Sn]([CH2]CCC)([CH2]CCC)[CH2]CCC.[Cu]. The molecule has 0 unspecified atom stereocenters. The van der Waals surface area contributed by atoms with Gasteiger partial charge in [0, 0.05) is 17.1 Å². The van der Waals surface area contributed by atoms with Crippen molar-refractivity contribution in [3.05, 3.63) is 0 Å². The van der Waals surface area contributed by atoms with Crippen molar-refractivity contribution in [3.63, 3.8) is 0 Å². The Morgan fingerprint density at radius 3 is 0.714 bits per heavy atom. The molecule has 0 saturated heterocycles. The van der Waals surface area contributed by atoms with Crippen molar-refractivity contribution < 1.29 is 18.5 Å². The Morgan fingerprint density at radius 2 is 0.571 bits per heavy atom. The molecule has 0 fully saturated rings. The van der Waals surface area contributed by atoms with Gasteiger partial charge in [-0.1, -0.05) is 0 Å². The number of unbranched alkanes of at least 4 members (excludes halogenated alkanes) is 6. The molecule has 0 aromatic heterocycles. The molecule has 0 aromatic carbocycles. The maximum atomic E-state index is 7.86. The first-order valence-corrected chi connectivity index (χ1v) is 27.2. The van der Waals surface area contributed by atoms with Crippen molar-refractivity contribution in [3.8, 4) is 0 Å². The Hall–Kier alpha value is 2.08. The zero-order chi connectivity index (χ0) is 20.4. The molecule has 0 atom stereocenters. The van der Waals surface area contributed by atoms with Gasteiger partial charge in [-0.25, -0.2) is 0 Å². The predicted molar refractivity (Wildman–Crippen MR) is 131 cm³/mol. The second-order valence-corrected chi connectivity index (χ2v) is 35.6. The molecule has 0 aromatic rings. The third-order valence-electron chi connectivity index (χ3n) is 6.35. The van der Waals surface area contributed by atoms with Crippen molar-refractivity contribution in [2.45, 2.75) is 145 Å². The minimum atomic E-state index is -2.46. The van der Waals surface area contributed by atoms with Crippen LogP contribution in [0, 0.1) is 0 Å². The first-order chi connectivity index (χ1) is 13.1. The van der Waals surface area contributed by atoms with E-state index in [0.29, 0.717) is 0 Å². The summed E-state index contributed by atoms with van der Waals surface area (Å²) < 4.78 is 17.1. The van der Waals surface area contributed by atoms with Gasteiger partial charge in [0.1, 0.15) is 0 Å². The molecule has 0 N–H and O–H groups in total. The molecule has 0 spiro atoms. The van der Waals surface area contributed by atoms with Crippen LogP contribution in [-0.4, -0.2) is 37.6 Å². The van der Waals surface area contributed by atoms with Gasteiger partial charge in [0.05, 0.1) is 0 Å². The van der Waals surface area contributed by atoms with E-state index in [1.165, 1.54) is 104 Å². The van der Waals surface area contributed by atoms with E-state index in [0.717, 1.165) is 0 Å². The molecule has 0 aliphatic carbocycles. The van der Waals surface area contributed by atoms with E-state index in [1.807, 2.05) is 0 Å². The van der Waals surface area contributed by atoms with E-state index >= 15 is 0 Å². The van der Waals surface area contributed by atoms with Gasteiger partial charge in [0.25, 0.3) is 0 Å². The second kappa shape index (κ2) is 21.0. The fraction of sp³-hybridized carbons (Fsp3) is 1.00. The van der Waals surface area contributed by atoms with Crippen LogP contribution in [0.2, 0.25) is 26.6 Å². The molecule has 0 amide bonds. The van der Waals surface area contributed by atoms with Crippen molar-refractivity contribution in [1.82, 2.24) is 0 Å². The van der Waals surface area contributed by atoms with Gasteiger partial charge in [-0.2, -0.15) is 0 Å². The first-order valence-electron chi connectivity index (χ1n) is 12.8. The predicted octanol–water partition coefficient (Wildman–Crippen LogP) is 9.69. The topological polar surface area (TPSA) is 9.23 Å². The summed E-state index contributed by atoms with van der Waals surface area (Å²) in [6.07, 6.45) is 16.8. The Kier molecular flexibility index (Phi) is 24.1. The largest absolute Gasteiger partial charge is 0 e. The van der Waals surface area contributed by atoms with Crippen molar-refractivity contribution >= 4 is 37.6 Å². The summed E-state index contributed by atoms with van der Waals surface area (Å²) >= 11 is -4.92. The summed E-state index contributed by atoms with van der Waals surface area (Å²) in [6.45, 7) is 14.3. The maximum absolute atomic E-state index is 7.86. The molecule has 1 nitrogen and oxygen atoms in total. The molecule has 175 valence electrons. The van der Waals surface area contributed by atoms with Gasteiger partial charge in [-0.15, -0.1) is 0 Å². The van der Waals surface area contributed by atoms with E-state index in [4.69, 9.17) is 1.41 Å². The summed E-state index contributed by atoms with van der Waals surface area (Å²) in [6, 6.07) is 0. The van der Waals surface area contributed by atoms with Gasteiger partial charge < -0.3 is 0 Å². The summed E-state index contributed by atoms with van der Waals surface area (Å²) in [5.41, 5.74) is 0. The smallest absolute Gasteiger partial charge is 0 e. The molecule has 0 aliphatic heterocycles. The molecular weight excluding hydrogens is 605 g/mol. The average molecular weight is 660 g/mol. The summed E-state index contributed by atoms with van der Waals surface area (Å²) in [5, 5.41) is 0. The van der Waals surface area contributed by atoms with E-state index in [1.54, 1.807) is 0 Å². The van der Waals surface area contributed by atoms with Crippen LogP contribution < -0.4 is 0 Å². The van der Waals surface area contributed by atoms with Crippen LogP contribution in [0.5, 0.6) is 0 Å². The summed E-state index contributed by atoms with van der Waals surface area (Å²) in [7, 11) is 0. The fourth-order valence-corrected chi connectivity index (χ4v) is 59.6. The Morgan fingerprint density at radius 1 is 0.393 bits per heavy atom. The Labute approximate surface area is 199 Å². The molecular formula is C24H54CuOSn2. The maximum Gasteiger partial charge on any atom is 0 e. The van der Waals surface area contributed by atoms with Crippen LogP contribution in [0.15, 0.2) is 0 Å². The quantitative estimate of drug-likeness (QED) is 0.118. The van der Waals surface area contributed by atoms with Gasteiger partial charge in [0.2, 0.25) is 0 Å². The minimum absolute atomic E-state index is 0. The molecule has 4 heteroatoms. The van der Waals surface area contributed by atoms with Crippen molar-refractivity contribution in [2.75, 3.05) is 0 Å². The van der Waals surface area contributed by atoms with Crippen molar-refractivity contribution in [2.24, 2.45) is 0 Å². The van der Waals surface area contributed by atoms with E-state index in [2.05, 4.69) is 41.5 Å². The van der Waals surface area contributed by atoms with Crippen LogP contribution in [0.1, 0.15) is 119 Å². The van der Waals surface area contributed by atoms with Crippen LogP contribution in [0.25, 0.3) is 0 Å². The zero-order valence-corrected chi connectivity index (χ0v) is 27.1. The second-order valence-electron chi connectivity index (χ2n) is 9.09. The summed E-state index contributed by atoms with van der Waals surface area (Å²) in [5.74, 6) is 0. The van der Waals surface area contributed by atoms with E-state index < -0.39 is 37.6 Å². The molecule has 0 heterocycles. The minimum Gasteiger partial charge on any atom is 0 e. The third-order valence-corrected chi connectivity index (χ3v) is 47.1. The summed E-state index contributed by atoms with van der Waals surface area (Å²) in [4.78, 5) is 0. The Bertz CT molecular complexity index is 252. The molecule has 0 bridgehead atoms. The molecule has 1 radical (unpaired) electrons. The third kappa shape index (κ3) is 14.2. The van der Waals surface area contributed by atoms with Gasteiger partial charge in [-0.05, 0) is 0 Å². The van der Waals surface area contributed by atoms with Crippen molar-refractivity contribution in [1.29, 1.82) is 0 Å². The monoisotopic (exact) mass is 661 g/mol. The van der Waals surface area contributed by atoms with Gasteiger partial charge in [0.15, 0.2) is 0 Å². The number of hydrogen-bond donors (Lipinski definition) is 0. The van der Waals surface area contributed by atoms with Crippen LogP contribution >= 0.6 is 0 Å². The Balaban J connectivity index is 0. The number of hydrogen-bond acceptors (Lipinski definition) is 1. The zero-order valence-electron chi connectivity index (χ0n) is 20.4. The van der Waals surface area contributed by atoms with E-state index in [9.17, 15) is 0 Å². The number of rotatable bonds is 20. The molecule has 0 rings (SSSR count).